The number of pyridine rings is 1. The Morgan fingerprint density at radius 1 is 1.15 bits per heavy atom. The summed E-state index contributed by atoms with van der Waals surface area (Å²) < 4.78 is 46.2. The Kier molecular flexibility index (Phi) is 9.08. The van der Waals surface area contributed by atoms with Crippen molar-refractivity contribution in [2.45, 2.75) is 38.4 Å². The molecule has 41 heavy (non-hydrogen) atoms. The van der Waals surface area contributed by atoms with E-state index in [2.05, 4.69) is 15.6 Å². The largest absolute Gasteiger partial charge is 0.481 e. The van der Waals surface area contributed by atoms with Crippen molar-refractivity contribution in [3.05, 3.63) is 52.3 Å². The van der Waals surface area contributed by atoms with Gasteiger partial charge in [-0.1, -0.05) is 18.5 Å². The molecular formula is C27H29ClF3N5O5. The lowest BCUT2D eigenvalue weighted by molar-refractivity contribution is -0.153. The van der Waals surface area contributed by atoms with Crippen LogP contribution in [-0.2, 0) is 18.3 Å². The number of aliphatic hydroxyl groups is 1. The van der Waals surface area contributed by atoms with E-state index in [0.717, 1.165) is 0 Å². The number of aryl methyl sites for hydroxylation is 2. The highest BCUT2D eigenvalue weighted by atomic mass is 35.5. The average Bonchev–Trinajstić information content (AvgIpc) is 3.21. The topological polar surface area (TPSA) is 126 Å². The van der Waals surface area contributed by atoms with Crippen LogP contribution in [0.4, 0.5) is 18.9 Å². The Labute approximate surface area is 238 Å². The lowest BCUT2D eigenvalue weighted by Crippen LogP contribution is -2.47. The molecule has 220 valence electrons. The molecule has 1 aromatic carbocycles. The fourth-order valence-electron chi connectivity index (χ4n) is 4.71. The third-order valence-corrected chi connectivity index (χ3v) is 7.05. The highest BCUT2D eigenvalue weighted by Crippen LogP contribution is 2.36. The molecule has 0 atom stereocenters. The fraction of sp³-hybridized carbons (Fsp3) is 0.407. The van der Waals surface area contributed by atoms with Crippen molar-refractivity contribution in [1.29, 1.82) is 0 Å². The number of fused-ring (bicyclic) bond motifs is 1. The second kappa shape index (κ2) is 12.4. The molecule has 0 aliphatic carbocycles. The van der Waals surface area contributed by atoms with E-state index in [9.17, 15) is 27.6 Å². The van der Waals surface area contributed by atoms with Gasteiger partial charge in [-0.05, 0) is 49.6 Å². The highest BCUT2D eigenvalue weighted by molar-refractivity contribution is 6.30. The number of benzene rings is 1. The van der Waals surface area contributed by atoms with Crippen molar-refractivity contribution >= 4 is 46.0 Å². The zero-order chi connectivity index (χ0) is 29.9. The number of carbonyl (C=O) groups excluding carboxylic acids is 3. The smallest absolute Gasteiger partial charge is 0.422 e. The maximum absolute atomic E-state index is 13.4. The summed E-state index contributed by atoms with van der Waals surface area (Å²) in [5, 5.41) is 15.2. The molecule has 14 heteroatoms. The van der Waals surface area contributed by atoms with Crippen molar-refractivity contribution in [1.82, 2.24) is 19.8 Å². The molecular weight excluding hydrogens is 567 g/mol. The quantitative estimate of drug-likeness (QED) is 0.365. The van der Waals surface area contributed by atoms with Crippen LogP contribution < -0.4 is 15.4 Å². The van der Waals surface area contributed by atoms with Crippen molar-refractivity contribution in [2.75, 3.05) is 31.6 Å². The van der Waals surface area contributed by atoms with Gasteiger partial charge in [0.15, 0.2) is 18.1 Å². The molecule has 0 bridgehead atoms. The molecule has 4 rings (SSSR count). The van der Waals surface area contributed by atoms with Crippen LogP contribution in [0.2, 0.25) is 5.02 Å². The number of amides is 3. The Morgan fingerprint density at radius 2 is 1.80 bits per heavy atom. The molecule has 1 aliphatic heterocycles. The van der Waals surface area contributed by atoms with E-state index in [1.165, 1.54) is 34.7 Å². The van der Waals surface area contributed by atoms with Crippen LogP contribution in [0.1, 0.15) is 46.3 Å². The number of piperidine rings is 1. The molecule has 0 unspecified atom stereocenters. The standard InChI is InChI=1S/C27H29ClF3N5O5/c1-3-19-20(34-25(39)15-4-6-16(28)7-5-15)12-18-23(41-14-27(29,30)31)22(35(2)24(18)33-19)26(40)32-17-8-10-36(11-9-17)21(38)13-37/h4-7,12,17,37H,3,8-11,13-14H2,1-2H3,(H,32,40)(H,34,39). The lowest BCUT2D eigenvalue weighted by Gasteiger charge is -2.32. The lowest BCUT2D eigenvalue weighted by atomic mass is 10.0. The Morgan fingerprint density at radius 3 is 2.39 bits per heavy atom. The van der Waals surface area contributed by atoms with E-state index < -0.39 is 37.1 Å². The summed E-state index contributed by atoms with van der Waals surface area (Å²) in [4.78, 5) is 44.1. The number of alkyl halides is 3. The number of anilines is 1. The van der Waals surface area contributed by atoms with Crippen molar-refractivity contribution < 1.29 is 37.4 Å². The first-order chi connectivity index (χ1) is 19.4. The first-order valence-electron chi connectivity index (χ1n) is 12.9. The van der Waals surface area contributed by atoms with Crippen LogP contribution in [0.5, 0.6) is 5.75 Å². The summed E-state index contributed by atoms with van der Waals surface area (Å²) in [6.07, 6.45) is -3.49. The Balaban J connectivity index is 1.69. The van der Waals surface area contributed by atoms with Gasteiger partial charge in [-0.25, -0.2) is 4.98 Å². The van der Waals surface area contributed by atoms with Crippen molar-refractivity contribution in [3.8, 4) is 5.75 Å². The van der Waals surface area contributed by atoms with Gasteiger partial charge in [0.1, 0.15) is 12.3 Å². The maximum Gasteiger partial charge on any atom is 0.422 e. The van der Waals surface area contributed by atoms with Gasteiger partial charge in [0.2, 0.25) is 5.91 Å². The minimum absolute atomic E-state index is 0.119. The maximum atomic E-state index is 13.4. The van der Waals surface area contributed by atoms with E-state index in [4.69, 9.17) is 21.4 Å². The van der Waals surface area contributed by atoms with Crippen molar-refractivity contribution in [2.24, 2.45) is 7.05 Å². The number of aliphatic hydroxyl groups excluding tert-OH is 1. The van der Waals surface area contributed by atoms with Crippen LogP contribution in [0.15, 0.2) is 30.3 Å². The number of ether oxygens (including phenoxy) is 1. The van der Waals surface area contributed by atoms with Crippen LogP contribution in [0.3, 0.4) is 0 Å². The number of likely N-dealkylation sites (tertiary alicyclic amines) is 1. The molecule has 0 saturated carbocycles. The zero-order valence-electron chi connectivity index (χ0n) is 22.3. The average molecular weight is 596 g/mol. The number of rotatable bonds is 8. The Hall–Kier alpha value is -3.84. The van der Waals surface area contributed by atoms with Gasteiger partial charge in [-0.3, -0.25) is 14.4 Å². The van der Waals surface area contributed by atoms with Gasteiger partial charge >= 0.3 is 6.18 Å². The van der Waals surface area contributed by atoms with Gasteiger partial charge in [0, 0.05) is 36.8 Å². The molecule has 3 amide bonds. The number of aromatic nitrogens is 2. The van der Waals surface area contributed by atoms with Gasteiger partial charge in [0.05, 0.1) is 16.8 Å². The van der Waals surface area contributed by atoms with Crippen LogP contribution in [-0.4, -0.2) is 75.8 Å². The van der Waals surface area contributed by atoms with E-state index in [1.807, 2.05) is 0 Å². The molecule has 1 aliphatic rings. The first kappa shape index (κ1) is 30.1. The molecule has 3 aromatic rings. The second-order valence-electron chi connectivity index (χ2n) is 9.60. The molecule has 0 spiro atoms. The third kappa shape index (κ3) is 6.91. The molecule has 1 saturated heterocycles. The predicted octanol–water partition coefficient (Wildman–Crippen LogP) is 3.70. The number of nitrogens with one attached hydrogen (secondary N) is 2. The van der Waals surface area contributed by atoms with Crippen LogP contribution in [0, 0.1) is 0 Å². The van der Waals surface area contributed by atoms with E-state index in [-0.39, 0.29) is 34.2 Å². The first-order valence-corrected chi connectivity index (χ1v) is 13.3. The zero-order valence-corrected chi connectivity index (χ0v) is 23.1. The predicted molar refractivity (Wildman–Crippen MR) is 145 cm³/mol. The monoisotopic (exact) mass is 595 g/mol. The third-order valence-electron chi connectivity index (χ3n) is 6.80. The van der Waals surface area contributed by atoms with E-state index >= 15 is 0 Å². The summed E-state index contributed by atoms with van der Waals surface area (Å²) in [6.45, 7) is 0.180. The van der Waals surface area contributed by atoms with Crippen LogP contribution >= 0.6 is 11.6 Å². The summed E-state index contributed by atoms with van der Waals surface area (Å²) >= 11 is 5.90. The van der Waals surface area contributed by atoms with E-state index in [1.54, 1.807) is 19.1 Å². The normalized spacial score (nSPS) is 14.3. The van der Waals surface area contributed by atoms with E-state index in [0.29, 0.717) is 48.6 Å². The molecule has 10 nitrogen and oxygen atoms in total. The fourth-order valence-corrected chi connectivity index (χ4v) is 4.83. The summed E-state index contributed by atoms with van der Waals surface area (Å²) in [6, 6.07) is 7.27. The molecule has 3 heterocycles. The molecule has 0 radical (unpaired) electrons. The number of nitrogens with zero attached hydrogens (tertiary/aromatic N) is 3. The summed E-state index contributed by atoms with van der Waals surface area (Å²) in [7, 11) is 1.50. The molecule has 3 N–H and O–H groups in total. The summed E-state index contributed by atoms with van der Waals surface area (Å²) in [5.41, 5.74) is 1.07. The highest BCUT2D eigenvalue weighted by Gasteiger charge is 2.33. The summed E-state index contributed by atoms with van der Waals surface area (Å²) in [5.74, 6) is -1.87. The molecule has 1 fully saturated rings. The van der Waals surface area contributed by atoms with Gasteiger partial charge in [-0.2, -0.15) is 13.2 Å². The number of hydrogen-bond donors (Lipinski definition) is 3. The minimum Gasteiger partial charge on any atom is -0.481 e. The second-order valence-corrected chi connectivity index (χ2v) is 10.0. The number of halogens is 4. The molecule has 2 aromatic heterocycles. The van der Waals surface area contributed by atoms with Crippen LogP contribution in [0.25, 0.3) is 11.0 Å². The van der Waals surface area contributed by atoms with Crippen molar-refractivity contribution in [3.63, 3.8) is 0 Å². The number of hydrogen-bond acceptors (Lipinski definition) is 6. The number of carbonyl (C=O) groups is 3. The SMILES string of the molecule is CCc1nc2c(cc1NC(=O)c1ccc(Cl)cc1)c(OCC(F)(F)F)c(C(=O)NC1CCN(C(=O)CO)CC1)n2C. The van der Waals surface area contributed by atoms with Gasteiger partial charge in [0.25, 0.3) is 11.8 Å². The minimum atomic E-state index is -4.68. The Bertz CT molecular complexity index is 1450. The van der Waals surface area contributed by atoms with Gasteiger partial charge in [-0.15, -0.1) is 0 Å². The van der Waals surface area contributed by atoms with Gasteiger partial charge < -0.3 is 29.9 Å².